The van der Waals surface area contributed by atoms with E-state index < -0.39 is 10.0 Å². The van der Waals surface area contributed by atoms with Gasteiger partial charge < -0.3 is 10.1 Å². The molecule has 1 N–H and O–H groups in total. The third-order valence-corrected chi connectivity index (χ3v) is 6.08. The molecular weight excluding hydrogens is 316 g/mol. The first kappa shape index (κ1) is 17.9. The molecule has 0 spiro atoms. The molecule has 1 aliphatic heterocycles. The molecular formula is C16H24N2O4S. The Morgan fingerprint density at radius 1 is 1.17 bits per heavy atom. The summed E-state index contributed by atoms with van der Waals surface area (Å²) in [6, 6.07) is 6.23. The lowest BCUT2D eigenvalue weighted by Gasteiger charge is -2.23. The van der Waals surface area contributed by atoms with E-state index >= 15 is 0 Å². The van der Waals surface area contributed by atoms with Crippen LogP contribution in [0.25, 0.3) is 0 Å². The Morgan fingerprint density at radius 3 is 2.26 bits per heavy atom. The molecule has 0 atom stereocenters. The summed E-state index contributed by atoms with van der Waals surface area (Å²) in [6.07, 6.45) is 1.61. The molecule has 0 radical (unpaired) electrons. The van der Waals surface area contributed by atoms with Gasteiger partial charge in [0.05, 0.1) is 4.90 Å². The summed E-state index contributed by atoms with van der Waals surface area (Å²) in [6.45, 7) is 5.77. The summed E-state index contributed by atoms with van der Waals surface area (Å²) in [5.41, 5.74) is 0.468. The van der Waals surface area contributed by atoms with Crippen molar-refractivity contribution < 1.29 is 17.9 Å². The van der Waals surface area contributed by atoms with Crippen LogP contribution in [0.1, 0.15) is 37.0 Å². The smallest absolute Gasteiger partial charge is 0.251 e. The standard InChI is InChI=1S/C16H24N2O4S/c1-3-18(4-2)23(20,21)15-7-5-13(6-8-15)16(19)17-14-9-11-22-12-10-14/h5-8,14H,3-4,9-12H2,1-2H3,(H,17,19). The van der Waals surface area contributed by atoms with Gasteiger partial charge in [-0.1, -0.05) is 13.8 Å². The van der Waals surface area contributed by atoms with Crippen LogP contribution in [0.3, 0.4) is 0 Å². The van der Waals surface area contributed by atoms with Crippen molar-refractivity contribution in [2.24, 2.45) is 0 Å². The van der Waals surface area contributed by atoms with Crippen LogP contribution >= 0.6 is 0 Å². The second-order valence-electron chi connectivity index (χ2n) is 5.47. The SMILES string of the molecule is CCN(CC)S(=O)(=O)c1ccc(C(=O)NC2CCOCC2)cc1. The minimum Gasteiger partial charge on any atom is -0.381 e. The quantitative estimate of drug-likeness (QED) is 0.854. The van der Waals surface area contributed by atoms with Crippen molar-refractivity contribution in [2.45, 2.75) is 37.6 Å². The van der Waals surface area contributed by atoms with E-state index in [2.05, 4.69) is 5.32 Å². The maximum Gasteiger partial charge on any atom is 0.251 e. The minimum atomic E-state index is -3.49. The van der Waals surface area contributed by atoms with Crippen molar-refractivity contribution in [3.8, 4) is 0 Å². The Bertz CT molecular complexity index is 618. The summed E-state index contributed by atoms with van der Waals surface area (Å²) in [4.78, 5) is 12.4. The van der Waals surface area contributed by atoms with E-state index in [1.165, 1.54) is 16.4 Å². The zero-order chi connectivity index (χ0) is 16.9. The highest BCUT2D eigenvalue weighted by Gasteiger charge is 2.22. The van der Waals surface area contributed by atoms with Crippen molar-refractivity contribution in [2.75, 3.05) is 26.3 Å². The number of rotatable bonds is 6. The van der Waals surface area contributed by atoms with Crippen LogP contribution in [-0.2, 0) is 14.8 Å². The van der Waals surface area contributed by atoms with E-state index in [-0.39, 0.29) is 16.8 Å². The summed E-state index contributed by atoms with van der Waals surface area (Å²) >= 11 is 0. The lowest BCUT2D eigenvalue weighted by molar-refractivity contribution is 0.0696. The number of carbonyl (C=O) groups is 1. The van der Waals surface area contributed by atoms with Gasteiger partial charge in [-0.3, -0.25) is 4.79 Å². The van der Waals surface area contributed by atoms with E-state index in [0.717, 1.165) is 12.8 Å². The molecule has 6 nitrogen and oxygen atoms in total. The number of nitrogens with zero attached hydrogens (tertiary/aromatic N) is 1. The van der Waals surface area contributed by atoms with Crippen molar-refractivity contribution in [1.29, 1.82) is 0 Å². The fourth-order valence-electron chi connectivity index (χ4n) is 2.60. The molecule has 0 unspecified atom stereocenters. The molecule has 1 aliphatic rings. The van der Waals surface area contributed by atoms with Crippen LogP contribution < -0.4 is 5.32 Å². The number of hydrogen-bond acceptors (Lipinski definition) is 4. The van der Waals surface area contributed by atoms with Gasteiger partial charge in [-0.25, -0.2) is 8.42 Å². The van der Waals surface area contributed by atoms with Crippen molar-refractivity contribution in [1.82, 2.24) is 9.62 Å². The van der Waals surface area contributed by atoms with Crippen LogP contribution in [0, 0.1) is 0 Å². The molecule has 1 saturated heterocycles. The third-order valence-electron chi connectivity index (χ3n) is 4.02. The molecule has 0 bridgehead atoms. The summed E-state index contributed by atoms with van der Waals surface area (Å²) < 4.78 is 31.5. The van der Waals surface area contributed by atoms with Gasteiger partial charge in [-0.05, 0) is 37.1 Å². The van der Waals surface area contributed by atoms with Crippen LogP contribution in [0.4, 0.5) is 0 Å². The molecule has 0 saturated carbocycles. The van der Waals surface area contributed by atoms with Gasteiger partial charge in [-0.2, -0.15) is 4.31 Å². The second-order valence-corrected chi connectivity index (χ2v) is 7.41. The van der Waals surface area contributed by atoms with Crippen molar-refractivity contribution in [3.05, 3.63) is 29.8 Å². The second kappa shape index (κ2) is 7.90. The first-order valence-corrected chi connectivity index (χ1v) is 9.41. The molecule has 1 heterocycles. The number of benzene rings is 1. The molecule has 2 rings (SSSR count). The van der Waals surface area contributed by atoms with E-state index in [1.54, 1.807) is 26.0 Å². The molecule has 1 amide bonds. The number of nitrogens with one attached hydrogen (secondary N) is 1. The van der Waals surface area contributed by atoms with Gasteiger partial charge >= 0.3 is 0 Å². The third kappa shape index (κ3) is 4.31. The zero-order valence-electron chi connectivity index (χ0n) is 13.6. The van der Waals surface area contributed by atoms with Crippen LogP contribution in [0.15, 0.2) is 29.2 Å². The Balaban J connectivity index is 2.08. The number of hydrogen-bond donors (Lipinski definition) is 1. The highest BCUT2D eigenvalue weighted by atomic mass is 32.2. The highest BCUT2D eigenvalue weighted by Crippen LogP contribution is 2.16. The molecule has 23 heavy (non-hydrogen) atoms. The maximum atomic E-state index is 12.4. The molecule has 1 aromatic rings. The fraction of sp³-hybridized carbons (Fsp3) is 0.562. The summed E-state index contributed by atoms with van der Waals surface area (Å²) in [5, 5.41) is 2.96. The first-order chi connectivity index (χ1) is 11.0. The van der Waals surface area contributed by atoms with Crippen LogP contribution in [-0.4, -0.2) is 51.0 Å². The predicted octanol–water partition coefficient (Wildman–Crippen LogP) is 1.63. The van der Waals surface area contributed by atoms with E-state index in [0.29, 0.717) is 31.9 Å². The van der Waals surface area contributed by atoms with Crippen LogP contribution in [0.2, 0.25) is 0 Å². The van der Waals surface area contributed by atoms with Gasteiger partial charge in [0.2, 0.25) is 10.0 Å². The molecule has 1 fully saturated rings. The van der Waals surface area contributed by atoms with Gasteiger partial charge in [0, 0.05) is 37.9 Å². The minimum absolute atomic E-state index is 0.121. The molecule has 0 aliphatic carbocycles. The lowest BCUT2D eigenvalue weighted by atomic mass is 10.1. The number of amides is 1. The molecule has 1 aromatic carbocycles. The predicted molar refractivity (Wildman–Crippen MR) is 87.9 cm³/mol. The van der Waals surface area contributed by atoms with Gasteiger partial charge in [0.1, 0.15) is 0 Å². The van der Waals surface area contributed by atoms with Gasteiger partial charge in [-0.15, -0.1) is 0 Å². The molecule has 0 aromatic heterocycles. The van der Waals surface area contributed by atoms with Gasteiger partial charge in [0.25, 0.3) is 5.91 Å². The number of ether oxygens (including phenoxy) is 1. The van der Waals surface area contributed by atoms with E-state index in [1.807, 2.05) is 0 Å². The van der Waals surface area contributed by atoms with Crippen molar-refractivity contribution >= 4 is 15.9 Å². The Kier molecular flexibility index (Phi) is 6.15. The maximum absolute atomic E-state index is 12.4. The Hall–Kier alpha value is -1.44. The fourth-order valence-corrected chi connectivity index (χ4v) is 4.06. The Morgan fingerprint density at radius 2 is 1.74 bits per heavy atom. The van der Waals surface area contributed by atoms with Crippen molar-refractivity contribution in [3.63, 3.8) is 0 Å². The number of carbonyl (C=O) groups excluding carboxylic acids is 1. The number of sulfonamides is 1. The van der Waals surface area contributed by atoms with E-state index in [4.69, 9.17) is 4.74 Å². The van der Waals surface area contributed by atoms with Crippen LogP contribution in [0.5, 0.6) is 0 Å². The highest BCUT2D eigenvalue weighted by molar-refractivity contribution is 7.89. The average Bonchev–Trinajstić information content (AvgIpc) is 2.56. The molecule has 128 valence electrons. The van der Waals surface area contributed by atoms with Gasteiger partial charge in [0.15, 0.2) is 0 Å². The molecule has 7 heteroatoms. The zero-order valence-corrected chi connectivity index (χ0v) is 14.4. The normalized spacial score (nSPS) is 16.5. The Labute approximate surface area is 137 Å². The summed E-state index contributed by atoms with van der Waals surface area (Å²) in [5.74, 6) is -0.177. The van der Waals surface area contributed by atoms with E-state index in [9.17, 15) is 13.2 Å². The lowest BCUT2D eigenvalue weighted by Crippen LogP contribution is -2.38. The monoisotopic (exact) mass is 340 g/mol. The topological polar surface area (TPSA) is 75.7 Å². The summed E-state index contributed by atoms with van der Waals surface area (Å²) in [7, 11) is -3.49. The first-order valence-electron chi connectivity index (χ1n) is 7.97. The largest absolute Gasteiger partial charge is 0.381 e. The average molecular weight is 340 g/mol.